The number of fused-ring (bicyclic) bond motifs is 1. The van der Waals surface area contributed by atoms with Crippen molar-refractivity contribution in [2.75, 3.05) is 11.1 Å². The van der Waals surface area contributed by atoms with Gasteiger partial charge in [-0.15, -0.1) is 0 Å². The van der Waals surface area contributed by atoms with Gasteiger partial charge in [0.05, 0.1) is 21.7 Å². The van der Waals surface area contributed by atoms with E-state index < -0.39 is 0 Å². The number of aromatic amines is 1. The Morgan fingerprint density at radius 3 is 2.83 bits per heavy atom. The van der Waals surface area contributed by atoms with Crippen molar-refractivity contribution in [3.8, 4) is 17.3 Å². The molecule has 2 aromatic carbocycles. The summed E-state index contributed by atoms with van der Waals surface area (Å²) in [7, 11) is 0. The number of nitriles is 1. The van der Waals surface area contributed by atoms with Crippen LogP contribution in [0.15, 0.2) is 53.7 Å². The number of carbonyl (C=O) groups excluding carboxylic acids is 1. The van der Waals surface area contributed by atoms with Crippen molar-refractivity contribution in [2.24, 2.45) is 0 Å². The molecule has 4 aromatic rings. The van der Waals surface area contributed by atoms with Crippen LogP contribution in [0, 0.1) is 22.9 Å². The molecule has 148 valence electrons. The van der Waals surface area contributed by atoms with Crippen LogP contribution >= 0.6 is 35.3 Å². The minimum absolute atomic E-state index is 0.132. The highest BCUT2D eigenvalue weighted by molar-refractivity contribution is 7.99. The van der Waals surface area contributed by atoms with Gasteiger partial charge in [-0.1, -0.05) is 71.7 Å². The van der Waals surface area contributed by atoms with Gasteiger partial charge in [-0.3, -0.25) is 4.79 Å². The Bertz CT molecular complexity index is 1340. The van der Waals surface area contributed by atoms with E-state index in [0.29, 0.717) is 21.5 Å². The second-order valence-corrected chi connectivity index (χ2v) is 8.78. The molecule has 2 N–H and O–H groups in total. The molecule has 0 radical (unpaired) electrons. The molecule has 0 aliphatic rings. The van der Waals surface area contributed by atoms with Gasteiger partial charge in [0.25, 0.3) is 0 Å². The number of benzene rings is 2. The van der Waals surface area contributed by atoms with Gasteiger partial charge in [-0.2, -0.15) is 5.26 Å². The van der Waals surface area contributed by atoms with Gasteiger partial charge in [0.2, 0.25) is 5.91 Å². The van der Waals surface area contributed by atoms with Crippen LogP contribution in [0.1, 0.15) is 11.1 Å². The molecule has 0 fully saturated rings. The van der Waals surface area contributed by atoms with Crippen LogP contribution in [0.3, 0.4) is 0 Å². The van der Waals surface area contributed by atoms with Gasteiger partial charge in [0.1, 0.15) is 16.3 Å². The van der Waals surface area contributed by atoms with Crippen molar-refractivity contribution >= 4 is 56.6 Å². The first kappa shape index (κ1) is 20.2. The second kappa shape index (κ2) is 8.75. The smallest absolute Gasteiger partial charge is 0.236 e. The van der Waals surface area contributed by atoms with E-state index in [1.165, 1.54) is 23.1 Å². The SMILES string of the molecule is Cc1ccc2nc(NC(=O)CSc3nc(=S)c(C#N)c(-c4ccccc4)[nH]3)sc2c1. The Balaban J connectivity index is 1.50. The summed E-state index contributed by atoms with van der Waals surface area (Å²) in [5, 5.41) is 13.3. The van der Waals surface area contributed by atoms with Crippen molar-refractivity contribution in [1.82, 2.24) is 15.0 Å². The Morgan fingerprint density at radius 1 is 1.27 bits per heavy atom. The maximum atomic E-state index is 12.4. The number of carbonyl (C=O) groups is 1. The third-order valence-corrected chi connectivity index (χ3v) is 6.31. The molecule has 9 heteroatoms. The Kier molecular flexibility index (Phi) is 5.90. The molecule has 0 atom stereocenters. The number of rotatable bonds is 5. The number of anilines is 1. The van der Waals surface area contributed by atoms with Gasteiger partial charge < -0.3 is 10.3 Å². The Labute approximate surface area is 186 Å². The lowest BCUT2D eigenvalue weighted by atomic mass is 10.1. The van der Waals surface area contributed by atoms with E-state index in [0.717, 1.165) is 21.3 Å². The van der Waals surface area contributed by atoms with Crippen molar-refractivity contribution in [1.29, 1.82) is 5.26 Å². The Morgan fingerprint density at radius 2 is 2.07 bits per heavy atom. The summed E-state index contributed by atoms with van der Waals surface area (Å²) in [5.74, 6) is -0.0598. The number of hydrogen-bond acceptors (Lipinski definition) is 7. The number of nitrogens with one attached hydrogen (secondary N) is 2. The van der Waals surface area contributed by atoms with Crippen LogP contribution < -0.4 is 5.32 Å². The zero-order valence-electron chi connectivity index (χ0n) is 15.8. The minimum atomic E-state index is -0.192. The molecule has 2 heterocycles. The number of thiazole rings is 1. The van der Waals surface area contributed by atoms with E-state index in [4.69, 9.17) is 12.2 Å². The molecule has 4 rings (SSSR count). The first-order valence-electron chi connectivity index (χ1n) is 8.93. The monoisotopic (exact) mass is 449 g/mol. The van der Waals surface area contributed by atoms with Crippen LogP contribution in [0.25, 0.3) is 21.5 Å². The molecular weight excluding hydrogens is 434 g/mol. The molecule has 0 aliphatic heterocycles. The molecule has 1 amide bonds. The van der Waals surface area contributed by atoms with Crippen LogP contribution in [0.5, 0.6) is 0 Å². The fourth-order valence-electron chi connectivity index (χ4n) is 2.82. The number of thioether (sulfide) groups is 1. The molecule has 0 saturated heterocycles. The third kappa shape index (κ3) is 4.41. The summed E-state index contributed by atoms with van der Waals surface area (Å²) in [5.41, 5.74) is 3.76. The number of aromatic nitrogens is 3. The maximum absolute atomic E-state index is 12.4. The molecule has 0 aliphatic carbocycles. The molecule has 0 saturated carbocycles. The molecule has 0 spiro atoms. The van der Waals surface area contributed by atoms with Crippen molar-refractivity contribution in [3.63, 3.8) is 0 Å². The van der Waals surface area contributed by atoms with Crippen molar-refractivity contribution in [3.05, 3.63) is 64.3 Å². The summed E-state index contributed by atoms with van der Waals surface area (Å²) >= 11 is 7.94. The van der Waals surface area contributed by atoms with Crippen LogP contribution in [-0.4, -0.2) is 26.6 Å². The third-order valence-electron chi connectivity index (χ3n) is 4.20. The number of H-pyrrole nitrogens is 1. The zero-order valence-corrected chi connectivity index (χ0v) is 18.3. The summed E-state index contributed by atoms with van der Waals surface area (Å²) in [6.07, 6.45) is 0. The zero-order chi connectivity index (χ0) is 21.1. The van der Waals surface area contributed by atoms with Crippen molar-refractivity contribution in [2.45, 2.75) is 12.1 Å². The number of nitrogens with zero attached hydrogens (tertiary/aromatic N) is 3. The number of hydrogen-bond donors (Lipinski definition) is 2. The van der Waals surface area contributed by atoms with Gasteiger partial charge in [0, 0.05) is 0 Å². The molecular formula is C21H15N5OS3. The predicted molar refractivity (Wildman–Crippen MR) is 123 cm³/mol. The Hall–Kier alpha value is -3.06. The van der Waals surface area contributed by atoms with E-state index in [9.17, 15) is 10.1 Å². The average molecular weight is 450 g/mol. The topological polar surface area (TPSA) is 94.5 Å². The molecule has 0 unspecified atom stereocenters. The summed E-state index contributed by atoms with van der Waals surface area (Å²) in [6, 6.07) is 17.5. The second-order valence-electron chi connectivity index (χ2n) is 6.40. The summed E-state index contributed by atoms with van der Waals surface area (Å²) in [6.45, 7) is 2.02. The summed E-state index contributed by atoms with van der Waals surface area (Å²) in [4.78, 5) is 24.2. The number of amides is 1. The standard InChI is InChI=1S/C21H15N5OS3/c1-12-7-8-15-16(9-12)30-21(23-15)24-17(27)11-29-20-25-18(13-5-3-2-4-6-13)14(10-22)19(28)26-20/h2-9H,11H2,1H3,(H,23,24,27)(H,25,26,28). The number of aryl methyl sites for hydroxylation is 1. The average Bonchev–Trinajstić information content (AvgIpc) is 3.13. The van der Waals surface area contributed by atoms with E-state index >= 15 is 0 Å². The van der Waals surface area contributed by atoms with Crippen molar-refractivity contribution < 1.29 is 4.79 Å². The van der Waals surface area contributed by atoms with E-state index in [2.05, 4.69) is 26.3 Å². The van der Waals surface area contributed by atoms with Gasteiger partial charge in [-0.25, -0.2) is 9.97 Å². The van der Waals surface area contributed by atoms with E-state index in [1.54, 1.807) is 0 Å². The largest absolute Gasteiger partial charge is 0.333 e. The fraction of sp³-hybridized carbons (Fsp3) is 0.0952. The van der Waals surface area contributed by atoms with Crippen LogP contribution in [0.4, 0.5) is 5.13 Å². The summed E-state index contributed by atoms with van der Waals surface area (Å²) < 4.78 is 1.24. The minimum Gasteiger partial charge on any atom is -0.333 e. The molecule has 30 heavy (non-hydrogen) atoms. The highest BCUT2D eigenvalue weighted by atomic mass is 32.2. The normalized spacial score (nSPS) is 10.7. The molecule has 0 bridgehead atoms. The van der Waals surface area contributed by atoms with Gasteiger partial charge >= 0.3 is 0 Å². The highest BCUT2D eigenvalue weighted by Gasteiger charge is 2.13. The van der Waals surface area contributed by atoms with Crippen LogP contribution in [0.2, 0.25) is 0 Å². The first-order valence-corrected chi connectivity index (χ1v) is 11.1. The molecule has 6 nitrogen and oxygen atoms in total. The quantitative estimate of drug-likeness (QED) is 0.243. The lowest BCUT2D eigenvalue weighted by molar-refractivity contribution is -0.113. The lowest BCUT2D eigenvalue weighted by Crippen LogP contribution is -2.14. The fourth-order valence-corrected chi connectivity index (χ4v) is 4.77. The first-order chi connectivity index (χ1) is 14.5. The molecule has 2 aromatic heterocycles. The van der Waals surface area contributed by atoms with E-state index in [-0.39, 0.29) is 16.3 Å². The maximum Gasteiger partial charge on any atom is 0.236 e. The van der Waals surface area contributed by atoms with Crippen LogP contribution in [-0.2, 0) is 4.79 Å². The van der Waals surface area contributed by atoms with E-state index in [1.807, 2.05) is 55.5 Å². The van der Waals surface area contributed by atoms with Gasteiger partial charge in [0.15, 0.2) is 10.3 Å². The lowest BCUT2D eigenvalue weighted by Gasteiger charge is -2.08. The highest BCUT2D eigenvalue weighted by Crippen LogP contribution is 2.28. The van der Waals surface area contributed by atoms with Gasteiger partial charge in [-0.05, 0) is 30.2 Å². The predicted octanol–water partition coefficient (Wildman–Crippen LogP) is 5.33.